The normalized spacial score (nSPS) is 9.71. The molecule has 0 atom stereocenters. The van der Waals surface area contributed by atoms with Gasteiger partial charge in [0, 0.05) is 6.20 Å². The molecule has 0 aliphatic carbocycles. The Kier molecular flexibility index (Phi) is 4.65. The van der Waals surface area contributed by atoms with Crippen LogP contribution in [-0.4, -0.2) is 29.2 Å². The number of pyridine rings is 1. The fraction of sp³-hybridized carbons (Fsp3) is 0.300. The number of primary amides is 1. The Morgan fingerprint density at radius 1 is 1.59 bits per heavy atom. The molecule has 1 heterocycles. The van der Waals surface area contributed by atoms with Crippen LogP contribution < -0.4 is 16.8 Å². The van der Waals surface area contributed by atoms with Crippen molar-refractivity contribution in [1.29, 1.82) is 0 Å². The fourth-order valence-corrected chi connectivity index (χ4v) is 1.58. The number of anilines is 1. The van der Waals surface area contributed by atoms with Gasteiger partial charge in [0.25, 0.3) is 0 Å². The third-order valence-electron chi connectivity index (χ3n) is 2.04. The van der Waals surface area contributed by atoms with Gasteiger partial charge in [0.2, 0.25) is 0 Å². The number of amides is 1. The highest BCUT2D eigenvalue weighted by atomic mass is 32.1. The van der Waals surface area contributed by atoms with E-state index >= 15 is 0 Å². The summed E-state index contributed by atoms with van der Waals surface area (Å²) in [6, 6.07) is 1.82. The van der Waals surface area contributed by atoms with Crippen molar-refractivity contribution >= 4 is 29.1 Å². The maximum Gasteiger partial charge on any atom is 0.404 e. The van der Waals surface area contributed by atoms with Crippen LogP contribution in [0.1, 0.15) is 11.1 Å². The Hall–Kier alpha value is -1.89. The zero-order valence-corrected chi connectivity index (χ0v) is 10.2. The molecule has 0 radical (unpaired) electrons. The third-order valence-corrected chi connectivity index (χ3v) is 2.25. The minimum atomic E-state index is -0.807. The van der Waals surface area contributed by atoms with Gasteiger partial charge < -0.3 is 21.5 Å². The highest BCUT2D eigenvalue weighted by Gasteiger charge is 2.09. The lowest BCUT2D eigenvalue weighted by Gasteiger charge is -2.11. The fourth-order valence-electron chi connectivity index (χ4n) is 1.32. The van der Waals surface area contributed by atoms with E-state index in [0.717, 1.165) is 5.56 Å². The Morgan fingerprint density at radius 3 is 2.88 bits per heavy atom. The zero-order chi connectivity index (χ0) is 12.8. The van der Waals surface area contributed by atoms with E-state index in [4.69, 9.17) is 23.7 Å². The summed E-state index contributed by atoms with van der Waals surface area (Å²) < 4.78 is 4.58. The zero-order valence-electron chi connectivity index (χ0n) is 9.40. The molecule has 1 rings (SSSR count). The first-order valence-corrected chi connectivity index (χ1v) is 5.34. The SMILES string of the molecule is Cc1ccnc(NCCOC(N)=O)c1C(N)=S. The van der Waals surface area contributed by atoms with E-state index in [-0.39, 0.29) is 11.6 Å². The first-order chi connectivity index (χ1) is 8.02. The van der Waals surface area contributed by atoms with Gasteiger partial charge in [-0.1, -0.05) is 12.2 Å². The van der Waals surface area contributed by atoms with Crippen LogP contribution in [0.15, 0.2) is 12.3 Å². The predicted molar refractivity (Wildman–Crippen MR) is 68.9 cm³/mol. The largest absolute Gasteiger partial charge is 0.448 e. The van der Waals surface area contributed by atoms with Gasteiger partial charge in [0.05, 0.1) is 12.1 Å². The summed E-state index contributed by atoms with van der Waals surface area (Å²) in [7, 11) is 0. The molecule has 0 unspecified atom stereocenters. The Bertz CT molecular complexity index is 436. The van der Waals surface area contributed by atoms with Gasteiger partial charge in [-0.15, -0.1) is 0 Å². The van der Waals surface area contributed by atoms with E-state index in [1.165, 1.54) is 0 Å². The van der Waals surface area contributed by atoms with E-state index in [2.05, 4.69) is 15.0 Å². The lowest BCUT2D eigenvalue weighted by atomic mass is 10.1. The average Bonchev–Trinajstić information content (AvgIpc) is 2.23. The number of aryl methyl sites for hydroxylation is 1. The predicted octanol–water partition coefficient (Wildman–Crippen LogP) is 0.531. The van der Waals surface area contributed by atoms with Crippen molar-refractivity contribution in [3.8, 4) is 0 Å². The number of hydrogen-bond acceptors (Lipinski definition) is 5. The lowest BCUT2D eigenvalue weighted by Crippen LogP contribution is -2.21. The number of carbonyl (C=O) groups is 1. The molecule has 1 aromatic rings. The van der Waals surface area contributed by atoms with Gasteiger partial charge in [-0.2, -0.15) is 0 Å². The number of carbonyl (C=O) groups excluding carboxylic acids is 1. The number of nitrogens with one attached hydrogen (secondary N) is 1. The standard InChI is InChI=1S/C10H14N4O2S/c1-6-2-3-13-9(7(6)8(11)17)14-4-5-16-10(12)15/h2-3H,4-5H2,1H3,(H2,11,17)(H2,12,15)(H,13,14). The number of nitrogens with zero attached hydrogens (tertiary/aromatic N) is 1. The number of nitrogens with two attached hydrogens (primary N) is 2. The number of thiocarbonyl (C=S) groups is 1. The number of hydrogen-bond donors (Lipinski definition) is 3. The smallest absolute Gasteiger partial charge is 0.404 e. The van der Waals surface area contributed by atoms with Crippen LogP contribution in [0.25, 0.3) is 0 Å². The average molecular weight is 254 g/mol. The second-order valence-corrected chi connectivity index (χ2v) is 3.75. The Morgan fingerprint density at radius 2 is 2.29 bits per heavy atom. The maximum atomic E-state index is 10.4. The van der Waals surface area contributed by atoms with Crippen LogP contribution in [0.5, 0.6) is 0 Å². The van der Waals surface area contributed by atoms with Crippen LogP contribution in [-0.2, 0) is 4.74 Å². The van der Waals surface area contributed by atoms with Crippen LogP contribution in [0.2, 0.25) is 0 Å². The molecule has 6 nitrogen and oxygen atoms in total. The maximum absolute atomic E-state index is 10.4. The second-order valence-electron chi connectivity index (χ2n) is 3.31. The molecule has 0 fully saturated rings. The number of aromatic nitrogens is 1. The third kappa shape index (κ3) is 3.87. The van der Waals surface area contributed by atoms with Gasteiger partial charge in [0.1, 0.15) is 17.4 Å². The summed E-state index contributed by atoms with van der Waals surface area (Å²) in [4.78, 5) is 14.8. The van der Waals surface area contributed by atoms with Gasteiger partial charge in [-0.05, 0) is 18.6 Å². The van der Waals surface area contributed by atoms with Crippen molar-refractivity contribution < 1.29 is 9.53 Å². The Balaban J connectivity index is 2.67. The van der Waals surface area contributed by atoms with Crippen molar-refractivity contribution in [2.75, 3.05) is 18.5 Å². The molecule has 5 N–H and O–H groups in total. The van der Waals surface area contributed by atoms with Gasteiger partial charge in [-0.25, -0.2) is 9.78 Å². The second kappa shape index (κ2) is 6.00. The van der Waals surface area contributed by atoms with Crippen molar-refractivity contribution in [2.24, 2.45) is 11.5 Å². The van der Waals surface area contributed by atoms with Crippen LogP contribution >= 0.6 is 12.2 Å². The van der Waals surface area contributed by atoms with Gasteiger partial charge >= 0.3 is 6.09 Å². The number of ether oxygens (including phenoxy) is 1. The highest BCUT2D eigenvalue weighted by Crippen LogP contribution is 2.15. The molecule has 7 heteroatoms. The van der Waals surface area contributed by atoms with Crippen molar-refractivity contribution in [1.82, 2.24) is 4.98 Å². The summed E-state index contributed by atoms with van der Waals surface area (Å²) in [5.74, 6) is 0.575. The lowest BCUT2D eigenvalue weighted by molar-refractivity contribution is 0.161. The van der Waals surface area contributed by atoms with Crippen molar-refractivity contribution in [3.63, 3.8) is 0 Å². The highest BCUT2D eigenvalue weighted by molar-refractivity contribution is 7.80. The molecule has 92 valence electrons. The molecule has 0 aliphatic rings. The van der Waals surface area contributed by atoms with Crippen molar-refractivity contribution in [2.45, 2.75) is 6.92 Å². The molecular weight excluding hydrogens is 240 g/mol. The quantitative estimate of drug-likeness (QED) is 0.523. The van der Waals surface area contributed by atoms with Gasteiger partial charge in [-0.3, -0.25) is 0 Å². The first-order valence-electron chi connectivity index (χ1n) is 4.94. The van der Waals surface area contributed by atoms with E-state index < -0.39 is 6.09 Å². The minimum Gasteiger partial charge on any atom is -0.448 e. The van der Waals surface area contributed by atoms with E-state index in [1.54, 1.807) is 6.20 Å². The van der Waals surface area contributed by atoms with Gasteiger partial charge in [0.15, 0.2) is 0 Å². The molecular formula is C10H14N4O2S. The molecule has 0 bridgehead atoms. The molecule has 17 heavy (non-hydrogen) atoms. The summed E-state index contributed by atoms with van der Waals surface area (Å²) in [5.41, 5.74) is 12.1. The summed E-state index contributed by atoms with van der Waals surface area (Å²) in [6.45, 7) is 2.43. The molecule has 0 saturated heterocycles. The molecule has 0 aliphatic heterocycles. The Labute approximate surface area is 104 Å². The van der Waals surface area contributed by atoms with Crippen LogP contribution in [0.4, 0.5) is 10.6 Å². The summed E-state index contributed by atoms with van der Waals surface area (Å²) in [6.07, 6.45) is 0.840. The molecule has 1 aromatic heterocycles. The summed E-state index contributed by atoms with van der Waals surface area (Å²) in [5, 5.41) is 2.98. The molecule has 0 saturated carbocycles. The number of rotatable bonds is 5. The minimum absolute atomic E-state index is 0.154. The van der Waals surface area contributed by atoms with E-state index in [0.29, 0.717) is 17.9 Å². The molecule has 0 aromatic carbocycles. The molecule has 0 spiro atoms. The van der Waals surface area contributed by atoms with Crippen LogP contribution in [0.3, 0.4) is 0 Å². The monoisotopic (exact) mass is 254 g/mol. The molecule has 1 amide bonds. The van der Waals surface area contributed by atoms with E-state index in [1.807, 2.05) is 13.0 Å². The first kappa shape index (κ1) is 13.2. The van der Waals surface area contributed by atoms with E-state index in [9.17, 15) is 4.79 Å². The topological polar surface area (TPSA) is 103 Å². The van der Waals surface area contributed by atoms with Crippen molar-refractivity contribution in [3.05, 3.63) is 23.4 Å². The van der Waals surface area contributed by atoms with Crippen LogP contribution in [0, 0.1) is 6.92 Å². The summed E-state index contributed by atoms with van der Waals surface area (Å²) >= 11 is 4.95.